The number of terminal acetylenes is 1. The molecule has 1 aliphatic carbocycles. The number of aryl methyl sites for hydroxylation is 1. The first-order valence-corrected chi connectivity index (χ1v) is 11.2. The number of fused-ring (bicyclic) bond motifs is 1. The summed E-state index contributed by atoms with van der Waals surface area (Å²) in [6.45, 7) is 4.14. The van der Waals surface area contributed by atoms with Gasteiger partial charge in [0.15, 0.2) is 22.9 Å². The third-order valence-electron chi connectivity index (χ3n) is 6.08. The van der Waals surface area contributed by atoms with Crippen LogP contribution in [0.2, 0.25) is 0 Å². The molecule has 3 N–H and O–H groups in total. The summed E-state index contributed by atoms with van der Waals surface area (Å²) in [6, 6.07) is 2.15. The fourth-order valence-corrected chi connectivity index (χ4v) is 5.57. The second-order valence-corrected chi connectivity index (χ2v) is 9.93. The summed E-state index contributed by atoms with van der Waals surface area (Å²) in [5.41, 5.74) is 4.71. The Hall–Kier alpha value is -3.26. The first-order chi connectivity index (χ1) is 16.0. The molecule has 4 atom stereocenters. The molecule has 7 nitrogen and oxygen atoms in total. The smallest absolute Gasteiger partial charge is 0.276 e. The fraction of sp³-hybridized carbons (Fsp3) is 0.391. The number of aromatic nitrogens is 2. The van der Waals surface area contributed by atoms with Crippen molar-refractivity contribution in [3.05, 3.63) is 46.9 Å². The van der Waals surface area contributed by atoms with Crippen molar-refractivity contribution in [2.24, 2.45) is 16.6 Å². The van der Waals surface area contributed by atoms with Gasteiger partial charge < -0.3 is 15.8 Å². The Morgan fingerprint density at radius 1 is 1.47 bits per heavy atom. The van der Waals surface area contributed by atoms with Gasteiger partial charge in [0.05, 0.1) is 22.2 Å². The van der Waals surface area contributed by atoms with Crippen molar-refractivity contribution in [2.45, 2.75) is 43.6 Å². The Bertz CT molecular complexity index is 1250. The van der Waals surface area contributed by atoms with E-state index < -0.39 is 40.6 Å². The Balaban J connectivity index is 1.63. The maximum Gasteiger partial charge on any atom is 0.276 e. The number of carbonyl (C=O) groups excluding carboxylic acids is 1. The van der Waals surface area contributed by atoms with Gasteiger partial charge in [-0.3, -0.25) is 9.79 Å². The van der Waals surface area contributed by atoms with Gasteiger partial charge in [0.2, 0.25) is 5.88 Å². The van der Waals surface area contributed by atoms with Crippen LogP contribution in [0.25, 0.3) is 0 Å². The molecular formula is C23H22F3N5O2S. The maximum absolute atomic E-state index is 14.9. The molecule has 2 heterocycles. The van der Waals surface area contributed by atoms with Crippen molar-refractivity contribution in [1.82, 2.24) is 9.97 Å². The van der Waals surface area contributed by atoms with Crippen LogP contribution >= 0.6 is 11.8 Å². The van der Waals surface area contributed by atoms with Gasteiger partial charge in [-0.15, -0.1) is 6.42 Å². The molecule has 1 unspecified atom stereocenters. The molecular weight excluding hydrogens is 467 g/mol. The normalized spacial score (nSPS) is 26.0. The van der Waals surface area contributed by atoms with E-state index in [-0.39, 0.29) is 39.6 Å². The van der Waals surface area contributed by atoms with Gasteiger partial charge in [-0.2, -0.15) is 0 Å². The molecule has 1 aromatic carbocycles. The van der Waals surface area contributed by atoms with Crippen LogP contribution in [0.1, 0.15) is 42.0 Å². The van der Waals surface area contributed by atoms with Gasteiger partial charge >= 0.3 is 0 Å². The van der Waals surface area contributed by atoms with Crippen molar-refractivity contribution in [1.29, 1.82) is 0 Å². The number of halogens is 3. The molecule has 4 rings (SSSR count). The number of hydrogen-bond donors (Lipinski definition) is 2. The van der Waals surface area contributed by atoms with Gasteiger partial charge in [0.25, 0.3) is 5.91 Å². The standard InChI is InChI=1S/C23H22F3N5O2S/c1-5-11(2)33-17-9-28-19(12(3)29-17)20(32)30-13-6-14(18(26)15(25)7-13)22(4)16-8-23(16,10-24)34-21(27)31-22/h1,6-7,9,11,16H,8,10H2,2-4H3,(H2,27,31)(H,30,32)/t11-,16?,22+,23+/m0/s1. The Labute approximate surface area is 198 Å². The summed E-state index contributed by atoms with van der Waals surface area (Å²) >= 11 is 1.12. The molecule has 0 spiro atoms. The number of nitrogens with one attached hydrogen (secondary N) is 1. The van der Waals surface area contributed by atoms with E-state index in [1.165, 1.54) is 12.3 Å². The highest BCUT2D eigenvalue weighted by molar-refractivity contribution is 8.15. The highest BCUT2D eigenvalue weighted by Crippen LogP contribution is 2.66. The van der Waals surface area contributed by atoms with E-state index in [1.54, 1.807) is 20.8 Å². The predicted octanol–water partition coefficient (Wildman–Crippen LogP) is 3.72. The van der Waals surface area contributed by atoms with Crippen LogP contribution < -0.4 is 15.8 Å². The molecule has 2 aliphatic rings. The van der Waals surface area contributed by atoms with Crippen LogP contribution in [0.3, 0.4) is 0 Å². The van der Waals surface area contributed by atoms with Crippen LogP contribution in [0.5, 0.6) is 5.88 Å². The van der Waals surface area contributed by atoms with Crippen molar-refractivity contribution < 1.29 is 22.7 Å². The lowest BCUT2D eigenvalue weighted by Crippen LogP contribution is -2.37. The number of anilines is 1. The van der Waals surface area contributed by atoms with Crippen LogP contribution in [0, 0.1) is 36.8 Å². The zero-order valence-electron chi connectivity index (χ0n) is 18.7. The second kappa shape index (κ2) is 8.51. The third kappa shape index (κ3) is 4.07. The number of nitrogens with two attached hydrogens (primary N) is 1. The van der Waals surface area contributed by atoms with Crippen molar-refractivity contribution >= 4 is 28.5 Å². The minimum absolute atomic E-state index is 0.0129. The topological polar surface area (TPSA) is 102 Å². The Morgan fingerprint density at radius 2 is 2.21 bits per heavy atom. The molecule has 34 heavy (non-hydrogen) atoms. The number of rotatable bonds is 6. The van der Waals surface area contributed by atoms with Crippen molar-refractivity contribution in [2.75, 3.05) is 12.0 Å². The lowest BCUT2D eigenvalue weighted by molar-refractivity contribution is 0.102. The van der Waals surface area contributed by atoms with E-state index in [0.29, 0.717) is 6.42 Å². The predicted molar refractivity (Wildman–Crippen MR) is 123 cm³/mol. The van der Waals surface area contributed by atoms with E-state index in [1.807, 2.05) is 0 Å². The lowest BCUT2D eigenvalue weighted by Gasteiger charge is -2.33. The van der Waals surface area contributed by atoms with Gasteiger partial charge in [0.1, 0.15) is 12.4 Å². The second-order valence-electron chi connectivity index (χ2n) is 8.50. The average Bonchev–Trinajstić information content (AvgIpc) is 3.51. The molecule has 1 aliphatic heterocycles. The number of aliphatic imine (C=N–C) groups is 1. The van der Waals surface area contributed by atoms with E-state index in [2.05, 4.69) is 26.2 Å². The number of carbonyl (C=O) groups is 1. The number of thioether (sulfide) groups is 1. The van der Waals surface area contributed by atoms with Gasteiger partial charge in [-0.25, -0.2) is 23.1 Å². The molecule has 178 valence electrons. The SMILES string of the molecule is C#C[C@H](C)Oc1cnc(C(=O)Nc2cc(F)c(F)c([C@@]3(C)N=C(N)S[C@@]4(CF)CC43)c2)c(C)n1. The lowest BCUT2D eigenvalue weighted by atomic mass is 9.85. The number of amidine groups is 1. The number of ether oxygens (including phenoxy) is 1. The molecule has 0 bridgehead atoms. The number of benzene rings is 1. The number of alkyl halides is 1. The number of hydrogen-bond acceptors (Lipinski definition) is 7. The maximum atomic E-state index is 14.9. The quantitative estimate of drug-likeness (QED) is 0.600. The Kier molecular flexibility index (Phi) is 5.97. The highest BCUT2D eigenvalue weighted by Gasteiger charge is 2.66. The largest absolute Gasteiger partial charge is 0.460 e. The molecule has 2 aromatic rings. The van der Waals surface area contributed by atoms with E-state index in [4.69, 9.17) is 16.9 Å². The molecule has 0 radical (unpaired) electrons. The number of nitrogens with zero attached hydrogens (tertiary/aromatic N) is 3. The average molecular weight is 490 g/mol. The Morgan fingerprint density at radius 3 is 2.85 bits per heavy atom. The van der Waals surface area contributed by atoms with Crippen LogP contribution in [-0.2, 0) is 5.54 Å². The van der Waals surface area contributed by atoms with Gasteiger partial charge in [-0.05, 0) is 33.3 Å². The van der Waals surface area contributed by atoms with Crippen LogP contribution in [0.4, 0.5) is 18.9 Å². The monoisotopic (exact) mass is 489 g/mol. The summed E-state index contributed by atoms with van der Waals surface area (Å²) in [7, 11) is 0. The van der Waals surface area contributed by atoms with Crippen LogP contribution in [-0.4, -0.2) is 38.6 Å². The first kappa shape index (κ1) is 23.9. The third-order valence-corrected chi connectivity index (χ3v) is 7.35. The highest BCUT2D eigenvalue weighted by atomic mass is 32.2. The zero-order chi connectivity index (χ0) is 24.8. The minimum Gasteiger partial charge on any atom is -0.460 e. The summed E-state index contributed by atoms with van der Waals surface area (Å²) in [5.74, 6) is -0.817. The molecule has 1 aromatic heterocycles. The summed E-state index contributed by atoms with van der Waals surface area (Å²) in [4.78, 5) is 25.4. The van der Waals surface area contributed by atoms with Gasteiger partial charge in [0, 0.05) is 23.2 Å². The fourth-order valence-electron chi connectivity index (χ4n) is 4.25. The molecule has 0 saturated heterocycles. The summed E-state index contributed by atoms with van der Waals surface area (Å²) in [6.07, 6.45) is 6.41. The van der Waals surface area contributed by atoms with Crippen molar-refractivity contribution in [3.8, 4) is 18.2 Å². The van der Waals surface area contributed by atoms with E-state index in [9.17, 15) is 18.0 Å². The summed E-state index contributed by atoms with van der Waals surface area (Å²) < 4.78 is 47.8. The van der Waals surface area contributed by atoms with E-state index >= 15 is 0 Å². The zero-order valence-corrected chi connectivity index (χ0v) is 19.5. The van der Waals surface area contributed by atoms with E-state index in [0.717, 1.165) is 17.8 Å². The molecule has 1 saturated carbocycles. The number of amides is 1. The molecule has 1 amide bonds. The minimum atomic E-state index is -1.28. The molecule has 11 heteroatoms. The summed E-state index contributed by atoms with van der Waals surface area (Å²) in [5, 5.41) is 2.63. The first-order valence-electron chi connectivity index (χ1n) is 10.4. The van der Waals surface area contributed by atoms with Gasteiger partial charge in [-0.1, -0.05) is 17.7 Å². The molecule has 1 fully saturated rings. The van der Waals surface area contributed by atoms with Crippen molar-refractivity contribution in [3.63, 3.8) is 0 Å². The van der Waals surface area contributed by atoms with Crippen LogP contribution in [0.15, 0.2) is 23.3 Å².